The summed E-state index contributed by atoms with van der Waals surface area (Å²) in [6.07, 6.45) is 4.67. The van der Waals surface area contributed by atoms with E-state index in [0.29, 0.717) is 29.2 Å². The van der Waals surface area contributed by atoms with Gasteiger partial charge >= 0.3 is 6.03 Å². The van der Waals surface area contributed by atoms with Crippen LogP contribution in [0.15, 0.2) is 71.6 Å². The Hall–Kier alpha value is -3.61. The lowest BCUT2D eigenvalue weighted by Gasteiger charge is -2.08. The third kappa shape index (κ3) is 4.68. The van der Waals surface area contributed by atoms with Gasteiger partial charge in [-0.2, -0.15) is 0 Å². The second kappa shape index (κ2) is 7.78. The van der Waals surface area contributed by atoms with E-state index in [-0.39, 0.29) is 11.9 Å². The average molecular weight is 336 g/mol. The molecule has 0 aliphatic carbocycles. The monoisotopic (exact) mass is 336 g/mol. The maximum absolute atomic E-state index is 12.0. The summed E-state index contributed by atoms with van der Waals surface area (Å²) in [5.74, 6) is 0.448. The molecule has 0 unspecified atom stereocenters. The second-order valence-electron chi connectivity index (χ2n) is 5.15. The molecule has 3 rings (SSSR count). The molecule has 0 spiro atoms. The van der Waals surface area contributed by atoms with Crippen LogP contribution in [0.5, 0.6) is 0 Å². The van der Waals surface area contributed by atoms with Gasteiger partial charge in [0.15, 0.2) is 0 Å². The Morgan fingerprint density at radius 3 is 2.24 bits per heavy atom. The summed E-state index contributed by atoms with van der Waals surface area (Å²) in [7, 11) is 0. The van der Waals surface area contributed by atoms with Crippen molar-refractivity contribution < 1.29 is 14.0 Å². The van der Waals surface area contributed by atoms with Gasteiger partial charge in [-0.05, 0) is 48.5 Å². The number of carbonyl (C=O) groups is 2. The van der Waals surface area contributed by atoms with Gasteiger partial charge in [-0.3, -0.25) is 9.78 Å². The Labute approximate surface area is 144 Å². The Bertz CT molecular complexity index is 831. The minimum atomic E-state index is -0.343. The number of rotatable bonds is 5. The Morgan fingerprint density at radius 2 is 1.60 bits per heavy atom. The number of hydrogen-bond acceptors (Lipinski definition) is 4. The number of benzene rings is 1. The lowest BCUT2D eigenvalue weighted by atomic mass is 10.2. The van der Waals surface area contributed by atoms with Gasteiger partial charge in [-0.1, -0.05) is 0 Å². The van der Waals surface area contributed by atoms with Crippen LogP contribution in [-0.4, -0.2) is 16.9 Å². The molecular weight excluding hydrogens is 320 g/mol. The van der Waals surface area contributed by atoms with E-state index >= 15 is 0 Å². The standard InChI is InChI=1S/C18H16N4O3/c23-17(13-7-9-19-10-8-13)21-14-3-5-15(6-4-14)22-18(24)20-12-16-2-1-11-25-16/h1-11H,12H2,(H,21,23)(H2,20,22,24). The van der Waals surface area contributed by atoms with E-state index in [1.807, 2.05) is 0 Å². The SMILES string of the molecule is O=C(NCc1ccco1)Nc1ccc(NC(=O)c2ccncc2)cc1. The number of hydrogen-bond donors (Lipinski definition) is 3. The van der Waals surface area contributed by atoms with Crippen molar-refractivity contribution in [3.8, 4) is 0 Å². The van der Waals surface area contributed by atoms with E-state index in [0.717, 1.165) is 0 Å². The van der Waals surface area contributed by atoms with Crippen LogP contribution >= 0.6 is 0 Å². The number of carbonyl (C=O) groups excluding carboxylic acids is 2. The van der Waals surface area contributed by atoms with Gasteiger partial charge in [-0.15, -0.1) is 0 Å². The summed E-state index contributed by atoms with van der Waals surface area (Å²) >= 11 is 0. The predicted octanol–water partition coefficient (Wildman–Crippen LogP) is 3.25. The first kappa shape index (κ1) is 16.3. The highest BCUT2D eigenvalue weighted by atomic mass is 16.3. The molecule has 3 aromatic rings. The molecule has 0 aliphatic rings. The van der Waals surface area contributed by atoms with E-state index in [1.165, 1.54) is 0 Å². The number of aromatic nitrogens is 1. The molecule has 2 aromatic heterocycles. The number of pyridine rings is 1. The predicted molar refractivity (Wildman–Crippen MR) is 93.2 cm³/mol. The molecule has 7 nitrogen and oxygen atoms in total. The summed E-state index contributed by atoms with van der Waals surface area (Å²) in [5, 5.41) is 8.16. The topological polar surface area (TPSA) is 96.3 Å². The summed E-state index contributed by atoms with van der Waals surface area (Å²) in [6.45, 7) is 0.304. The Morgan fingerprint density at radius 1 is 0.920 bits per heavy atom. The van der Waals surface area contributed by atoms with Crippen LogP contribution in [0.25, 0.3) is 0 Å². The molecule has 0 aliphatic heterocycles. The molecule has 3 amide bonds. The fourth-order valence-electron chi connectivity index (χ4n) is 2.10. The van der Waals surface area contributed by atoms with Crippen molar-refractivity contribution in [3.05, 3.63) is 78.5 Å². The molecule has 1 aromatic carbocycles. The first-order valence-corrected chi connectivity index (χ1v) is 7.59. The van der Waals surface area contributed by atoms with E-state index in [4.69, 9.17) is 4.42 Å². The zero-order chi connectivity index (χ0) is 17.5. The molecule has 2 heterocycles. The quantitative estimate of drug-likeness (QED) is 0.666. The highest BCUT2D eigenvalue weighted by Gasteiger charge is 2.06. The van der Waals surface area contributed by atoms with Crippen molar-refractivity contribution in [1.29, 1.82) is 0 Å². The molecule has 7 heteroatoms. The highest BCUT2D eigenvalue weighted by Crippen LogP contribution is 2.14. The highest BCUT2D eigenvalue weighted by molar-refractivity contribution is 6.04. The van der Waals surface area contributed by atoms with Crippen molar-refractivity contribution in [1.82, 2.24) is 10.3 Å². The average Bonchev–Trinajstić information content (AvgIpc) is 3.16. The lowest BCUT2D eigenvalue weighted by Crippen LogP contribution is -2.27. The van der Waals surface area contributed by atoms with Gasteiger partial charge in [0.2, 0.25) is 0 Å². The molecule has 25 heavy (non-hydrogen) atoms. The molecule has 0 radical (unpaired) electrons. The Kier molecular flexibility index (Phi) is 5.06. The zero-order valence-corrected chi connectivity index (χ0v) is 13.2. The summed E-state index contributed by atoms with van der Waals surface area (Å²) in [6, 6.07) is 13.3. The number of amides is 3. The molecule has 0 fully saturated rings. The number of nitrogens with one attached hydrogen (secondary N) is 3. The smallest absolute Gasteiger partial charge is 0.319 e. The fourth-order valence-corrected chi connectivity index (χ4v) is 2.10. The molecule has 0 saturated carbocycles. The molecule has 0 saturated heterocycles. The van der Waals surface area contributed by atoms with Gasteiger partial charge in [-0.25, -0.2) is 4.79 Å². The Balaban J connectivity index is 1.51. The minimum absolute atomic E-state index is 0.223. The third-order valence-corrected chi connectivity index (χ3v) is 3.35. The summed E-state index contributed by atoms with van der Waals surface area (Å²) in [4.78, 5) is 27.7. The third-order valence-electron chi connectivity index (χ3n) is 3.35. The first-order chi connectivity index (χ1) is 12.2. The van der Waals surface area contributed by atoms with Gasteiger partial charge in [0.25, 0.3) is 5.91 Å². The van der Waals surface area contributed by atoms with E-state index in [2.05, 4.69) is 20.9 Å². The maximum atomic E-state index is 12.0. The minimum Gasteiger partial charge on any atom is -0.467 e. The van der Waals surface area contributed by atoms with Crippen LogP contribution in [0.4, 0.5) is 16.2 Å². The van der Waals surface area contributed by atoms with Crippen LogP contribution < -0.4 is 16.0 Å². The van der Waals surface area contributed by atoms with Crippen LogP contribution in [0.1, 0.15) is 16.1 Å². The summed E-state index contributed by atoms with van der Waals surface area (Å²) in [5.41, 5.74) is 1.76. The maximum Gasteiger partial charge on any atom is 0.319 e. The van der Waals surface area contributed by atoms with E-state index in [1.54, 1.807) is 67.2 Å². The fraction of sp³-hybridized carbons (Fsp3) is 0.0556. The van der Waals surface area contributed by atoms with Crippen LogP contribution in [-0.2, 0) is 6.54 Å². The van der Waals surface area contributed by atoms with Gasteiger partial charge in [0.1, 0.15) is 5.76 Å². The van der Waals surface area contributed by atoms with Crippen LogP contribution in [0.3, 0.4) is 0 Å². The van der Waals surface area contributed by atoms with E-state index in [9.17, 15) is 9.59 Å². The van der Waals surface area contributed by atoms with Crippen molar-refractivity contribution in [2.45, 2.75) is 6.54 Å². The molecule has 126 valence electrons. The lowest BCUT2D eigenvalue weighted by molar-refractivity contribution is 0.102. The second-order valence-corrected chi connectivity index (χ2v) is 5.15. The van der Waals surface area contributed by atoms with Crippen molar-refractivity contribution >= 4 is 23.3 Å². The van der Waals surface area contributed by atoms with Gasteiger partial charge < -0.3 is 20.4 Å². The van der Waals surface area contributed by atoms with Gasteiger partial charge in [0, 0.05) is 29.3 Å². The van der Waals surface area contributed by atoms with E-state index < -0.39 is 0 Å². The first-order valence-electron chi connectivity index (χ1n) is 7.59. The van der Waals surface area contributed by atoms with Crippen molar-refractivity contribution in [2.75, 3.05) is 10.6 Å². The summed E-state index contributed by atoms with van der Waals surface area (Å²) < 4.78 is 5.14. The molecular formula is C18H16N4O3. The van der Waals surface area contributed by atoms with Crippen molar-refractivity contribution in [3.63, 3.8) is 0 Å². The number of anilines is 2. The van der Waals surface area contributed by atoms with Crippen molar-refractivity contribution in [2.24, 2.45) is 0 Å². The van der Waals surface area contributed by atoms with Crippen LogP contribution in [0, 0.1) is 0 Å². The number of urea groups is 1. The van der Waals surface area contributed by atoms with Gasteiger partial charge in [0.05, 0.1) is 12.8 Å². The normalized spacial score (nSPS) is 10.1. The molecule has 3 N–H and O–H groups in total. The number of furan rings is 1. The zero-order valence-electron chi connectivity index (χ0n) is 13.2. The number of nitrogens with zero attached hydrogens (tertiary/aromatic N) is 1. The molecule has 0 atom stereocenters. The largest absolute Gasteiger partial charge is 0.467 e. The molecule has 0 bridgehead atoms. The van der Waals surface area contributed by atoms with Crippen LogP contribution in [0.2, 0.25) is 0 Å².